The number of likely N-dealkylation sites (tertiary alicyclic amines) is 1. The lowest BCUT2D eigenvalue weighted by Gasteiger charge is -2.45. The Morgan fingerprint density at radius 2 is 2.15 bits per heavy atom. The van der Waals surface area contributed by atoms with E-state index in [0.29, 0.717) is 11.1 Å². The van der Waals surface area contributed by atoms with Crippen molar-refractivity contribution < 1.29 is 31.9 Å². The number of aromatic nitrogens is 2. The van der Waals surface area contributed by atoms with Crippen molar-refractivity contribution in [3.8, 4) is 0 Å². The number of halogens is 5. The predicted molar refractivity (Wildman–Crippen MR) is 110 cm³/mol. The van der Waals surface area contributed by atoms with Crippen LogP contribution in [0.15, 0.2) is 18.3 Å². The van der Waals surface area contributed by atoms with Crippen LogP contribution >= 0.6 is 11.6 Å². The van der Waals surface area contributed by atoms with E-state index in [1.165, 1.54) is 24.0 Å². The molecule has 1 aromatic heterocycles. The van der Waals surface area contributed by atoms with E-state index < -0.39 is 41.5 Å². The minimum atomic E-state index is -4.60. The number of fused-ring (bicyclic) bond motifs is 2. The fourth-order valence-electron chi connectivity index (χ4n) is 4.45. The highest BCUT2D eigenvalue weighted by Crippen LogP contribution is 2.45. The second-order valence-corrected chi connectivity index (χ2v) is 8.38. The summed E-state index contributed by atoms with van der Waals surface area (Å²) in [4.78, 5) is 26.6. The molecule has 1 saturated heterocycles. The summed E-state index contributed by atoms with van der Waals surface area (Å²) in [6.07, 6.45) is -4.22. The number of hydrogen-bond donors (Lipinski definition) is 2. The average molecular weight is 490 g/mol. The first-order valence-electron chi connectivity index (χ1n) is 10.2. The molecule has 2 amide bonds. The summed E-state index contributed by atoms with van der Waals surface area (Å²) >= 11 is 5.94. The summed E-state index contributed by atoms with van der Waals surface area (Å²) in [5.41, 5.74) is 4.33. The Morgan fingerprint density at radius 3 is 2.82 bits per heavy atom. The van der Waals surface area contributed by atoms with Crippen LogP contribution in [-0.2, 0) is 10.3 Å². The van der Waals surface area contributed by atoms with E-state index in [4.69, 9.17) is 22.1 Å². The van der Waals surface area contributed by atoms with Gasteiger partial charge in [-0.3, -0.25) is 10.1 Å². The van der Waals surface area contributed by atoms with E-state index in [9.17, 15) is 27.2 Å². The summed E-state index contributed by atoms with van der Waals surface area (Å²) in [6, 6.07) is 0.745. The number of hydrogen-bond acceptors (Lipinski definition) is 5. The number of nitrogens with one attached hydrogen (secondary N) is 1. The summed E-state index contributed by atoms with van der Waals surface area (Å²) in [6.45, 7) is 1.30. The van der Waals surface area contributed by atoms with Gasteiger partial charge in [-0.2, -0.15) is 18.3 Å². The third kappa shape index (κ3) is 3.85. The van der Waals surface area contributed by atoms with Crippen LogP contribution in [0.3, 0.4) is 0 Å². The van der Waals surface area contributed by atoms with Gasteiger partial charge in [-0.25, -0.2) is 13.9 Å². The molecule has 3 heterocycles. The van der Waals surface area contributed by atoms with Crippen LogP contribution in [0.25, 0.3) is 0 Å². The summed E-state index contributed by atoms with van der Waals surface area (Å²) in [7, 11) is 0. The van der Waals surface area contributed by atoms with Crippen molar-refractivity contribution in [2.75, 3.05) is 24.1 Å². The van der Waals surface area contributed by atoms with E-state index in [-0.39, 0.29) is 47.8 Å². The summed E-state index contributed by atoms with van der Waals surface area (Å²) in [5, 5.41) is 5.94. The molecule has 1 spiro atoms. The first-order chi connectivity index (χ1) is 15.5. The number of piperidine rings is 1. The second kappa shape index (κ2) is 8.08. The number of carbonyl (C=O) groups is 2. The lowest BCUT2D eigenvalue weighted by molar-refractivity contribution is -0.170. The Morgan fingerprint density at radius 1 is 1.42 bits per heavy atom. The van der Waals surface area contributed by atoms with E-state index in [0.717, 1.165) is 6.20 Å². The van der Waals surface area contributed by atoms with Crippen LogP contribution in [-0.4, -0.2) is 45.9 Å². The molecule has 8 nitrogen and oxygen atoms in total. The molecule has 0 radical (unpaired) electrons. The van der Waals surface area contributed by atoms with Gasteiger partial charge in [0.25, 0.3) is 5.91 Å². The van der Waals surface area contributed by atoms with E-state index in [1.807, 2.05) is 0 Å². The standard InChI is InChI=1S/C20H20ClF4N5O3/c1-2-13(20(23,24)25)30-16(26)10(8-27-30)17(31)29-7-3-6-19(9-29)14-12(28-18(32)33-19)5-4-11(21)15(14)22/h4-5,8,13H,2-3,6-7,9,26H2,1H3,(H,28,32)/t13-,19-/m0/s1. The highest BCUT2D eigenvalue weighted by Gasteiger charge is 2.49. The van der Waals surface area contributed by atoms with Crippen molar-refractivity contribution in [3.05, 3.63) is 40.3 Å². The lowest BCUT2D eigenvalue weighted by Crippen LogP contribution is -2.53. The zero-order valence-electron chi connectivity index (χ0n) is 17.4. The van der Waals surface area contributed by atoms with Gasteiger partial charge < -0.3 is 15.4 Å². The molecular weight excluding hydrogens is 470 g/mol. The molecular formula is C20H20ClF4N5O3. The minimum absolute atomic E-state index is 0.0129. The number of ether oxygens (including phenoxy) is 1. The van der Waals surface area contributed by atoms with Crippen molar-refractivity contribution in [1.29, 1.82) is 0 Å². The molecule has 13 heteroatoms. The number of rotatable bonds is 3. The molecule has 0 aliphatic carbocycles. The third-order valence-electron chi connectivity index (χ3n) is 5.94. The molecule has 33 heavy (non-hydrogen) atoms. The molecule has 2 aromatic rings. The highest BCUT2D eigenvalue weighted by atomic mass is 35.5. The normalized spacial score (nSPS) is 21.4. The number of nitrogens with two attached hydrogens (primary N) is 1. The molecule has 178 valence electrons. The molecule has 0 saturated carbocycles. The van der Waals surface area contributed by atoms with Gasteiger partial charge in [-0.05, 0) is 31.4 Å². The molecule has 1 aromatic carbocycles. The minimum Gasteiger partial charge on any atom is -0.436 e. The van der Waals surface area contributed by atoms with E-state index in [2.05, 4.69) is 10.4 Å². The molecule has 3 N–H and O–H groups in total. The second-order valence-electron chi connectivity index (χ2n) is 7.98. The Hall–Kier alpha value is -3.02. The average Bonchev–Trinajstić information content (AvgIpc) is 3.10. The number of nitrogens with zero attached hydrogens (tertiary/aromatic N) is 3. The maximum absolute atomic E-state index is 15.0. The monoisotopic (exact) mass is 489 g/mol. The Bertz CT molecular complexity index is 1120. The molecule has 2 atom stereocenters. The first-order valence-corrected chi connectivity index (χ1v) is 10.5. The van der Waals surface area contributed by atoms with Crippen molar-refractivity contribution in [2.24, 2.45) is 0 Å². The van der Waals surface area contributed by atoms with Crippen LogP contribution in [0.5, 0.6) is 0 Å². The van der Waals surface area contributed by atoms with Crippen molar-refractivity contribution >= 4 is 35.1 Å². The molecule has 1 fully saturated rings. The van der Waals surface area contributed by atoms with E-state index in [1.54, 1.807) is 0 Å². The van der Waals surface area contributed by atoms with Crippen LogP contribution in [0.1, 0.15) is 48.1 Å². The van der Waals surface area contributed by atoms with Gasteiger partial charge in [0.2, 0.25) is 0 Å². The number of benzene rings is 1. The van der Waals surface area contributed by atoms with Gasteiger partial charge in [-0.15, -0.1) is 0 Å². The van der Waals surface area contributed by atoms with Gasteiger partial charge in [0.05, 0.1) is 29.0 Å². The highest BCUT2D eigenvalue weighted by molar-refractivity contribution is 6.31. The summed E-state index contributed by atoms with van der Waals surface area (Å²) < 4.78 is 61.0. The van der Waals surface area contributed by atoms with Gasteiger partial charge in [0.15, 0.2) is 11.4 Å². The van der Waals surface area contributed by atoms with Crippen LogP contribution in [0, 0.1) is 5.82 Å². The van der Waals surface area contributed by atoms with Gasteiger partial charge >= 0.3 is 12.3 Å². The quantitative estimate of drug-likeness (QED) is 0.619. The largest absolute Gasteiger partial charge is 0.436 e. The topological polar surface area (TPSA) is 102 Å². The zero-order valence-corrected chi connectivity index (χ0v) is 18.1. The first kappa shape index (κ1) is 23.1. The number of carbonyl (C=O) groups excluding carboxylic acids is 2. The number of alkyl halides is 3. The Labute approximate surface area is 190 Å². The van der Waals surface area contributed by atoms with Crippen molar-refractivity contribution in [1.82, 2.24) is 14.7 Å². The smallest absolute Gasteiger partial charge is 0.412 e. The Balaban J connectivity index is 1.68. The SMILES string of the molecule is CC[C@H](n1ncc(C(=O)N2CCC[C@@]3(C2)OC(=O)Nc2ccc(Cl)c(F)c23)c1N)C(F)(F)F. The fraction of sp³-hybridized carbons (Fsp3) is 0.450. The molecule has 4 rings (SSSR count). The molecule has 0 unspecified atom stereocenters. The Kier molecular flexibility index (Phi) is 5.67. The molecule has 2 aliphatic heterocycles. The molecule has 2 aliphatic rings. The van der Waals surface area contributed by atoms with E-state index >= 15 is 0 Å². The van der Waals surface area contributed by atoms with Gasteiger partial charge in [-0.1, -0.05) is 18.5 Å². The maximum atomic E-state index is 15.0. The summed E-state index contributed by atoms with van der Waals surface area (Å²) in [5.74, 6) is -1.92. The van der Waals surface area contributed by atoms with Crippen LogP contribution < -0.4 is 11.1 Å². The van der Waals surface area contributed by atoms with Crippen LogP contribution in [0.4, 0.5) is 33.9 Å². The van der Waals surface area contributed by atoms with Crippen molar-refractivity contribution in [2.45, 2.75) is 44.0 Å². The number of anilines is 2. The third-order valence-corrected chi connectivity index (χ3v) is 6.23. The van der Waals surface area contributed by atoms with Crippen molar-refractivity contribution in [3.63, 3.8) is 0 Å². The van der Waals surface area contributed by atoms with Gasteiger partial charge in [0, 0.05) is 6.54 Å². The predicted octanol–water partition coefficient (Wildman–Crippen LogP) is 4.46. The lowest BCUT2D eigenvalue weighted by atomic mass is 9.83. The van der Waals surface area contributed by atoms with Gasteiger partial charge in [0.1, 0.15) is 17.4 Å². The van der Waals surface area contributed by atoms with Crippen LogP contribution in [0.2, 0.25) is 5.02 Å². The number of nitrogen functional groups attached to an aromatic ring is 1. The number of amides is 2. The molecule has 0 bridgehead atoms. The maximum Gasteiger partial charge on any atom is 0.412 e. The fourth-order valence-corrected chi connectivity index (χ4v) is 4.60. The zero-order chi connectivity index (χ0) is 24.1.